The number of hydrogen-bond acceptors (Lipinski definition) is 5. The van der Waals surface area contributed by atoms with Crippen molar-refractivity contribution in [1.82, 2.24) is 0 Å². The number of hydrogen-bond donors (Lipinski definition) is 1. The standard InChI is InChI=1S/C23H27N3O3/c1-5-26(17(2)3)20-10-8-19(9-11-20)25-23(27)13-7-18-6-12-21(29-15-14-24)22(16-18)28-4/h6-13,16-17H,5,15H2,1-4H3,(H,25,27)/b13-7+. The van der Waals surface area contributed by atoms with Crippen LogP contribution in [0.3, 0.4) is 0 Å². The highest BCUT2D eigenvalue weighted by molar-refractivity contribution is 6.02. The molecule has 6 heteroatoms. The third-order valence-electron chi connectivity index (χ3n) is 4.34. The Morgan fingerprint density at radius 1 is 1.21 bits per heavy atom. The summed E-state index contributed by atoms with van der Waals surface area (Å²) in [6, 6.07) is 15.4. The Morgan fingerprint density at radius 2 is 1.93 bits per heavy atom. The summed E-state index contributed by atoms with van der Waals surface area (Å²) in [5.41, 5.74) is 2.65. The monoisotopic (exact) mass is 393 g/mol. The fourth-order valence-corrected chi connectivity index (χ4v) is 2.96. The molecule has 0 bridgehead atoms. The van der Waals surface area contributed by atoms with Crippen LogP contribution in [0.5, 0.6) is 11.5 Å². The zero-order valence-corrected chi connectivity index (χ0v) is 17.3. The first-order valence-corrected chi connectivity index (χ1v) is 9.52. The van der Waals surface area contributed by atoms with Gasteiger partial charge in [0, 0.05) is 30.0 Å². The summed E-state index contributed by atoms with van der Waals surface area (Å²) in [5.74, 6) is 0.764. The van der Waals surface area contributed by atoms with Gasteiger partial charge in [-0.05, 0) is 68.8 Å². The van der Waals surface area contributed by atoms with Crippen molar-refractivity contribution in [3.8, 4) is 17.6 Å². The molecule has 2 rings (SSSR count). The highest BCUT2D eigenvalue weighted by Crippen LogP contribution is 2.28. The Hall–Kier alpha value is -3.46. The number of benzene rings is 2. The maximum Gasteiger partial charge on any atom is 0.248 e. The summed E-state index contributed by atoms with van der Waals surface area (Å²) in [6.45, 7) is 7.30. The van der Waals surface area contributed by atoms with Gasteiger partial charge in [-0.15, -0.1) is 0 Å². The molecular formula is C23H27N3O3. The summed E-state index contributed by atoms with van der Waals surface area (Å²) in [6.07, 6.45) is 3.16. The van der Waals surface area contributed by atoms with Crippen molar-refractivity contribution in [2.75, 3.05) is 30.5 Å². The number of amides is 1. The number of rotatable bonds is 9. The molecule has 0 fully saturated rings. The van der Waals surface area contributed by atoms with Gasteiger partial charge in [0.15, 0.2) is 18.1 Å². The van der Waals surface area contributed by atoms with Gasteiger partial charge in [0.25, 0.3) is 0 Å². The van der Waals surface area contributed by atoms with Crippen molar-refractivity contribution >= 4 is 23.4 Å². The maximum absolute atomic E-state index is 12.2. The molecule has 0 radical (unpaired) electrons. The maximum atomic E-state index is 12.2. The minimum Gasteiger partial charge on any atom is -0.493 e. The first-order chi connectivity index (χ1) is 14.0. The molecule has 2 aromatic rings. The summed E-state index contributed by atoms with van der Waals surface area (Å²) < 4.78 is 10.6. The molecule has 0 aliphatic carbocycles. The molecule has 0 aliphatic heterocycles. The van der Waals surface area contributed by atoms with Crippen molar-refractivity contribution in [2.24, 2.45) is 0 Å². The highest BCUT2D eigenvalue weighted by Gasteiger charge is 2.08. The number of ether oxygens (including phenoxy) is 2. The number of nitrogens with one attached hydrogen (secondary N) is 1. The predicted molar refractivity (Wildman–Crippen MR) is 116 cm³/mol. The summed E-state index contributed by atoms with van der Waals surface area (Å²) in [5, 5.41) is 11.5. The molecule has 152 valence electrons. The van der Waals surface area contributed by atoms with E-state index in [2.05, 4.69) is 31.0 Å². The van der Waals surface area contributed by atoms with Gasteiger partial charge in [-0.1, -0.05) is 6.07 Å². The van der Waals surface area contributed by atoms with Gasteiger partial charge in [0.1, 0.15) is 6.07 Å². The summed E-state index contributed by atoms with van der Waals surface area (Å²) >= 11 is 0. The van der Waals surface area contributed by atoms with Crippen LogP contribution in [0, 0.1) is 11.3 Å². The molecule has 1 amide bonds. The molecule has 0 aromatic heterocycles. The second-order valence-electron chi connectivity index (χ2n) is 6.61. The first-order valence-electron chi connectivity index (χ1n) is 9.52. The van der Waals surface area contributed by atoms with Crippen LogP contribution in [0.15, 0.2) is 48.5 Å². The van der Waals surface area contributed by atoms with E-state index in [1.807, 2.05) is 30.3 Å². The topological polar surface area (TPSA) is 74.6 Å². The van der Waals surface area contributed by atoms with Crippen LogP contribution in [0.4, 0.5) is 11.4 Å². The van der Waals surface area contributed by atoms with E-state index in [4.69, 9.17) is 14.7 Å². The summed E-state index contributed by atoms with van der Waals surface area (Å²) in [7, 11) is 1.53. The van der Waals surface area contributed by atoms with Gasteiger partial charge in [-0.3, -0.25) is 4.79 Å². The molecule has 0 heterocycles. The van der Waals surface area contributed by atoms with Gasteiger partial charge < -0.3 is 19.7 Å². The molecule has 0 unspecified atom stereocenters. The predicted octanol–water partition coefficient (Wildman–Crippen LogP) is 4.48. The van der Waals surface area contributed by atoms with Crippen LogP contribution in [0.1, 0.15) is 26.3 Å². The molecule has 0 spiro atoms. The molecule has 29 heavy (non-hydrogen) atoms. The van der Waals surface area contributed by atoms with E-state index < -0.39 is 0 Å². The Kier molecular flexibility index (Phi) is 8.11. The first kappa shape index (κ1) is 21.8. The third kappa shape index (κ3) is 6.28. The number of anilines is 2. The lowest BCUT2D eigenvalue weighted by Gasteiger charge is -2.27. The molecule has 0 atom stereocenters. The van der Waals surface area contributed by atoms with E-state index in [1.165, 1.54) is 13.2 Å². The fourth-order valence-electron chi connectivity index (χ4n) is 2.96. The number of nitrogens with zero attached hydrogens (tertiary/aromatic N) is 2. The number of carbonyl (C=O) groups excluding carboxylic acids is 1. The van der Waals surface area contributed by atoms with E-state index in [-0.39, 0.29) is 12.5 Å². The van der Waals surface area contributed by atoms with E-state index >= 15 is 0 Å². The van der Waals surface area contributed by atoms with Crippen molar-refractivity contribution < 1.29 is 14.3 Å². The molecule has 1 N–H and O–H groups in total. The fraction of sp³-hybridized carbons (Fsp3) is 0.304. The zero-order valence-electron chi connectivity index (χ0n) is 17.3. The van der Waals surface area contributed by atoms with Crippen LogP contribution < -0.4 is 19.7 Å². The van der Waals surface area contributed by atoms with Crippen molar-refractivity contribution in [1.29, 1.82) is 5.26 Å². The lowest BCUT2D eigenvalue weighted by Crippen LogP contribution is -2.30. The minimum absolute atomic E-state index is 0.0556. The van der Waals surface area contributed by atoms with E-state index in [0.717, 1.165) is 23.5 Å². The third-order valence-corrected chi connectivity index (χ3v) is 4.34. The highest BCUT2D eigenvalue weighted by atomic mass is 16.5. The van der Waals surface area contributed by atoms with Gasteiger partial charge in [-0.2, -0.15) is 5.26 Å². The lowest BCUT2D eigenvalue weighted by atomic mass is 10.2. The average Bonchev–Trinajstić information content (AvgIpc) is 2.72. The molecule has 2 aromatic carbocycles. The van der Waals surface area contributed by atoms with Crippen molar-refractivity contribution in [3.63, 3.8) is 0 Å². The van der Waals surface area contributed by atoms with Crippen LogP contribution in [0.2, 0.25) is 0 Å². The second-order valence-corrected chi connectivity index (χ2v) is 6.61. The minimum atomic E-state index is -0.224. The van der Waals surface area contributed by atoms with Crippen molar-refractivity contribution in [2.45, 2.75) is 26.8 Å². The summed E-state index contributed by atoms with van der Waals surface area (Å²) in [4.78, 5) is 14.5. The van der Waals surface area contributed by atoms with Gasteiger partial charge in [-0.25, -0.2) is 0 Å². The SMILES string of the molecule is CCN(c1ccc(NC(=O)/C=C/c2ccc(OCC#N)c(OC)c2)cc1)C(C)C. The van der Waals surface area contributed by atoms with Crippen molar-refractivity contribution in [3.05, 3.63) is 54.1 Å². The van der Waals surface area contributed by atoms with Crippen LogP contribution in [-0.2, 0) is 4.79 Å². The largest absolute Gasteiger partial charge is 0.493 e. The quantitative estimate of drug-likeness (QED) is 0.636. The zero-order chi connectivity index (χ0) is 21.2. The van der Waals surface area contributed by atoms with E-state index in [9.17, 15) is 4.79 Å². The number of nitriles is 1. The van der Waals surface area contributed by atoms with E-state index in [1.54, 1.807) is 24.3 Å². The lowest BCUT2D eigenvalue weighted by molar-refractivity contribution is -0.111. The van der Waals surface area contributed by atoms with Crippen LogP contribution >= 0.6 is 0 Å². The number of carbonyl (C=O) groups is 1. The van der Waals surface area contributed by atoms with E-state index in [0.29, 0.717) is 17.5 Å². The Balaban J connectivity index is 2.01. The molecule has 0 saturated carbocycles. The van der Waals surface area contributed by atoms with Crippen LogP contribution in [0.25, 0.3) is 6.08 Å². The molecule has 0 aliphatic rings. The molecule has 6 nitrogen and oxygen atoms in total. The average molecular weight is 393 g/mol. The number of methoxy groups -OCH3 is 1. The smallest absolute Gasteiger partial charge is 0.248 e. The molecule has 0 saturated heterocycles. The Bertz CT molecular complexity index is 883. The normalized spacial score (nSPS) is 10.6. The van der Waals surface area contributed by atoms with Gasteiger partial charge in [0.05, 0.1) is 7.11 Å². The van der Waals surface area contributed by atoms with Crippen LogP contribution in [-0.4, -0.2) is 32.2 Å². The Morgan fingerprint density at radius 3 is 2.52 bits per heavy atom. The van der Waals surface area contributed by atoms with Gasteiger partial charge >= 0.3 is 0 Å². The molecular weight excluding hydrogens is 366 g/mol. The Labute approximate surface area is 172 Å². The van der Waals surface area contributed by atoms with Gasteiger partial charge in [0.2, 0.25) is 5.91 Å². The second kappa shape index (κ2) is 10.8.